The van der Waals surface area contributed by atoms with E-state index in [9.17, 15) is 34.5 Å². The third kappa shape index (κ3) is 45.0. The van der Waals surface area contributed by atoms with E-state index in [1.807, 2.05) is 0 Å². The van der Waals surface area contributed by atoms with Crippen LogP contribution in [0, 0.1) is 0 Å². The van der Waals surface area contributed by atoms with Crippen molar-refractivity contribution in [1.82, 2.24) is 0 Å². The van der Waals surface area contributed by atoms with Crippen molar-refractivity contribution >= 4 is 23.9 Å². The summed E-state index contributed by atoms with van der Waals surface area (Å²) in [4.78, 5) is 51.3. The van der Waals surface area contributed by atoms with E-state index in [1.54, 1.807) is 0 Å². The molecule has 0 spiro atoms. The third-order valence-electron chi connectivity index (χ3n) is 14.9. The third-order valence-corrected chi connectivity index (χ3v) is 14.9. The minimum Gasteiger partial charge on any atom is -0.479 e. The first-order valence-corrected chi connectivity index (χ1v) is 32.6. The van der Waals surface area contributed by atoms with Crippen molar-refractivity contribution in [3.05, 3.63) is 48.6 Å². The summed E-state index contributed by atoms with van der Waals surface area (Å²) < 4.78 is 28.5. The molecule has 0 radical (unpaired) electrons. The lowest BCUT2D eigenvalue weighted by Crippen LogP contribution is -2.61. The average Bonchev–Trinajstić information content (AvgIpc) is 3.44. The Morgan fingerprint density at radius 2 is 0.759 bits per heavy atom. The number of aliphatic hydroxyl groups is 2. The van der Waals surface area contributed by atoms with Crippen LogP contribution in [-0.4, -0.2) is 89.2 Å². The summed E-state index contributed by atoms with van der Waals surface area (Å²) in [7, 11) is 0. The monoisotopic (exact) mass is 1110 g/mol. The van der Waals surface area contributed by atoms with Gasteiger partial charge in [-0.15, -0.1) is 0 Å². The molecule has 1 fully saturated rings. The maximum Gasteiger partial charge on any atom is 0.335 e. The van der Waals surface area contributed by atoms with E-state index in [1.165, 1.54) is 135 Å². The van der Waals surface area contributed by atoms with Crippen molar-refractivity contribution in [3.8, 4) is 0 Å². The molecule has 0 aliphatic carbocycles. The molecule has 0 aromatic heterocycles. The second kappa shape index (κ2) is 55.2. The summed E-state index contributed by atoms with van der Waals surface area (Å²) in [6, 6.07) is 0. The number of aliphatic hydroxyl groups excluding tert-OH is 2. The Labute approximate surface area is 482 Å². The molecule has 0 aromatic rings. The Hall–Kier alpha value is -3.32. The Kier molecular flexibility index (Phi) is 51.5. The maximum atomic E-state index is 13.2. The molecule has 0 saturated carbocycles. The van der Waals surface area contributed by atoms with Gasteiger partial charge in [0.1, 0.15) is 18.8 Å². The molecule has 1 aliphatic heterocycles. The van der Waals surface area contributed by atoms with Crippen LogP contribution in [0.4, 0.5) is 0 Å². The molecule has 1 rings (SSSR count). The number of unbranched alkanes of at least 4 members (excludes halogenated alkanes) is 34. The molecule has 12 heteroatoms. The van der Waals surface area contributed by atoms with Gasteiger partial charge in [0.15, 0.2) is 24.6 Å². The van der Waals surface area contributed by atoms with Crippen LogP contribution >= 0.6 is 0 Å². The van der Waals surface area contributed by atoms with Gasteiger partial charge in [-0.3, -0.25) is 14.4 Å². The zero-order valence-corrected chi connectivity index (χ0v) is 50.6. The highest BCUT2D eigenvalue weighted by Crippen LogP contribution is 2.27. The largest absolute Gasteiger partial charge is 0.479 e. The van der Waals surface area contributed by atoms with Crippen LogP contribution in [0.3, 0.4) is 0 Å². The van der Waals surface area contributed by atoms with E-state index >= 15 is 0 Å². The first-order chi connectivity index (χ1) is 38.6. The quantitative estimate of drug-likeness (QED) is 0.0228. The van der Waals surface area contributed by atoms with Gasteiger partial charge in [0, 0.05) is 19.3 Å². The molecule has 458 valence electrons. The Morgan fingerprint density at radius 3 is 1.19 bits per heavy atom. The summed E-state index contributed by atoms with van der Waals surface area (Å²) in [5.41, 5.74) is 0. The molecule has 3 N–H and O–H groups in total. The molecular formula is C67H118O12. The van der Waals surface area contributed by atoms with Gasteiger partial charge in [0.25, 0.3) is 0 Å². The Morgan fingerprint density at radius 1 is 0.418 bits per heavy atom. The zero-order chi connectivity index (χ0) is 57.5. The van der Waals surface area contributed by atoms with Crippen molar-refractivity contribution in [3.63, 3.8) is 0 Å². The minimum absolute atomic E-state index is 0.0471. The number of hydrogen-bond donors (Lipinski definition) is 3. The van der Waals surface area contributed by atoms with Crippen LogP contribution in [0.15, 0.2) is 48.6 Å². The predicted octanol–water partition coefficient (Wildman–Crippen LogP) is 17.3. The number of hydrogen-bond acceptors (Lipinski definition) is 11. The van der Waals surface area contributed by atoms with Gasteiger partial charge in [-0.1, -0.05) is 249 Å². The van der Waals surface area contributed by atoms with Crippen LogP contribution in [-0.2, 0) is 42.9 Å². The van der Waals surface area contributed by atoms with Crippen LogP contribution in [0.1, 0.15) is 303 Å². The van der Waals surface area contributed by atoms with E-state index < -0.39 is 67.3 Å². The van der Waals surface area contributed by atoms with Gasteiger partial charge in [-0.25, -0.2) is 4.79 Å². The van der Waals surface area contributed by atoms with Gasteiger partial charge < -0.3 is 39.0 Å². The SMILES string of the molecule is CCCCC/C=C\C/C=C\C/C=C\CCCCCCCCC(=O)OC1C(OCC(COC(=O)CCCCCCC/C=C\CCCCCCCC)OC(=O)CCCCCCCCCCCCCCCCC)OC(C(=O)O)C(O)C1O. The fourth-order valence-electron chi connectivity index (χ4n) is 9.84. The van der Waals surface area contributed by atoms with Gasteiger partial charge in [0.2, 0.25) is 0 Å². The van der Waals surface area contributed by atoms with E-state index in [0.29, 0.717) is 19.3 Å². The Bertz CT molecular complexity index is 1560. The number of ether oxygens (including phenoxy) is 5. The standard InChI is InChI=1S/C67H118O12/c1-4-7-10-13-16-19-22-25-28-29-30-31-34-37-40-43-46-49-52-55-61(70)78-65-63(72)62(71)64(66(73)74)79-67(65)76-57-58(77-60(69)54-51-48-45-42-39-36-33-27-24-21-18-15-12-9-6-3)56-75-59(68)53-50-47-44-41-38-35-32-26-23-20-17-14-11-8-5-2/h16,19,25-26,28,30-32,58,62-65,67,71-72H,4-15,17-18,20-24,27,29,33-57H2,1-3H3,(H,73,74)/b19-16-,28-25-,31-30-,32-26-. The lowest BCUT2D eigenvalue weighted by atomic mass is 9.98. The minimum atomic E-state index is -1.91. The van der Waals surface area contributed by atoms with Crippen LogP contribution in [0.25, 0.3) is 0 Å². The number of allylic oxidation sites excluding steroid dienone is 8. The summed E-state index contributed by atoms with van der Waals surface area (Å²) in [6.45, 7) is 5.99. The first-order valence-electron chi connectivity index (χ1n) is 32.6. The lowest BCUT2D eigenvalue weighted by Gasteiger charge is -2.40. The molecule has 1 heterocycles. The molecule has 79 heavy (non-hydrogen) atoms. The van der Waals surface area contributed by atoms with Crippen LogP contribution in [0.2, 0.25) is 0 Å². The highest BCUT2D eigenvalue weighted by atomic mass is 16.7. The molecule has 0 amide bonds. The number of rotatable bonds is 56. The number of carbonyl (C=O) groups is 4. The maximum absolute atomic E-state index is 13.2. The van der Waals surface area contributed by atoms with Crippen LogP contribution in [0.5, 0.6) is 0 Å². The first kappa shape index (κ1) is 73.7. The van der Waals surface area contributed by atoms with E-state index in [2.05, 4.69) is 69.4 Å². The lowest BCUT2D eigenvalue weighted by molar-refractivity contribution is -0.301. The average molecular weight is 1120 g/mol. The fraction of sp³-hybridized carbons (Fsp3) is 0.821. The number of carbonyl (C=O) groups excluding carboxylic acids is 3. The van der Waals surface area contributed by atoms with Crippen LogP contribution < -0.4 is 0 Å². The highest BCUT2D eigenvalue weighted by Gasteiger charge is 2.50. The molecular weight excluding hydrogens is 997 g/mol. The summed E-state index contributed by atoms with van der Waals surface area (Å²) in [5.74, 6) is -3.12. The molecule has 1 saturated heterocycles. The highest BCUT2D eigenvalue weighted by molar-refractivity contribution is 5.74. The van der Waals surface area contributed by atoms with Gasteiger partial charge >= 0.3 is 23.9 Å². The smallest absolute Gasteiger partial charge is 0.335 e. The molecule has 0 aromatic carbocycles. The number of esters is 3. The van der Waals surface area contributed by atoms with Gasteiger partial charge in [0.05, 0.1) is 6.61 Å². The molecule has 12 nitrogen and oxygen atoms in total. The van der Waals surface area contributed by atoms with E-state index in [0.717, 1.165) is 109 Å². The van der Waals surface area contributed by atoms with Crippen molar-refractivity contribution < 1.29 is 58.2 Å². The summed E-state index contributed by atoms with van der Waals surface area (Å²) >= 11 is 0. The van der Waals surface area contributed by atoms with Crippen molar-refractivity contribution in [2.75, 3.05) is 13.2 Å². The molecule has 0 bridgehead atoms. The molecule has 6 unspecified atom stereocenters. The summed E-state index contributed by atoms with van der Waals surface area (Å²) in [5, 5.41) is 31.6. The molecule has 1 aliphatic rings. The van der Waals surface area contributed by atoms with Crippen molar-refractivity contribution in [1.29, 1.82) is 0 Å². The number of carboxylic acids is 1. The summed E-state index contributed by atoms with van der Waals surface area (Å²) in [6.07, 6.45) is 54.9. The molecule has 6 atom stereocenters. The van der Waals surface area contributed by atoms with Crippen molar-refractivity contribution in [2.45, 2.75) is 340 Å². The zero-order valence-electron chi connectivity index (χ0n) is 50.6. The van der Waals surface area contributed by atoms with Gasteiger partial charge in [-0.05, 0) is 83.5 Å². The second-order valence-electron chi connectivity index (χ2n) is 22.4. The van der Waals surface area contributed by atoms with E-state index in [-0.39, 0.29) is 25.9 Å². The number of carboxylic acid groups (broad SMARTS) is 1. The topological polar surface area (TPSA) is 175 Å². The number of aliphatic carboxylic acids is 1. The van der Waals surface area contributed by atoms with Crippen molar-refractivity contribution in [2.24, 2.45) is 0 Å². The fourth-order valence-corrected chi connectivity index (χ4v) is 9.84. The predicted molar refractivity (Wildman–Crippen MR) is 322 cm³/mol. The second-order valence-corrected chi connectivity index (χ2v) is 22.4. The normalized spacial score (nSPS) is 18.1. The van der Waals surface area contributed by atoms with Gasteiger partial charge in [-0.2, -0.15) is 0 Å². The van der Waals surface area contributed by atoms with E-state index in [4.69, 9.17) is 23.7 Å². The Balaban J connectivity index is 2.66.